The molecular formula is C21H28O2. The molecule has 0 radical (unpaired) electrons. The molecule has 0 N–H and O–H groups in total. The Kier molecular flexibility index (Phi) is 3.28. The molecule has 0 bridgehead atoms. The minimum atomic E-state index is 0.106. The highest BCUT2D eigenvalue weighted by molar-refractivity contribution is 5.91. The van der Waals surface area contributed by atoms with E-state index in [0.29, 0.717) is 23.4 Å². The van der Waals surface area contributed by atoms with Crippen molar-refractivity contribution in [1.82, 2.24) is 0 Å². The van der Waals surface area contributed by atoms with Gasteiger partial charge in [-0.2, -0.15) is 0 Å². The summed E-state index contributed by atoms with van der Waals surface area (Å²) in [6, 6.07) is 0. The zero-order valence-electron chi connectivity index (χ0n) is 14.7. The van der Waals surface area contributed by atoms with Crippen LogP contribution in [0.25, 0.3) is 0 Å². The van der Waals surface area contributed by atoms with Gasteiger partial charge < -0.3 is 0 Å². The second-order valence-electron chi connectivity index (χ2n) is 8.82. The lowest BCUT2D eigenvalue weighted by Gasteiger charge is -2.56. The van der Waals surface area contributed by atoms with Crippen molar-refractivity contribution in [3.05, 3.63) is 23.3 Å². The lowest BCUT2D eigenvalue weighted by atomic mass is 9.48. The number of hydrogen-bond acceptors (Lipinski definition) is 2. The van der Waals surface area contributed by atoms with E-state index in [4.69, 9.17) is 0 Å². The van der Waals surface area contributed by atoms with Gasteiger partial charge in [-0.25, -0.2) is 0 Å². The van der Waals surface area contributed by atoms with E-state index in [1.807, 2.05) is 6.08 Å². The molecule has 0 aromatic carbocycles. The fourth-order valence-corrected chi connectivity index (χ4v) is 6.51. The zero-order valence-corrected chi connectivity index (χ0v) is 14.7. The van der Waals surface area contributed by atoms with Crippen LogP contribution in [-0.4, -0.2) is 11.6 Å². The summed E-state index contributed by atoms with van der Waals surface area (Å²) in [5.41, 5.74) is 3.33. The van der Waals surface area contributed by atoms with E-state index in [9.17, 15) is 9.59 Å². The molecule has 4 aliphatic rings. The lowest BCUT2D eigenvalue weighted by Crippen LogP contribution is -2.48. The fourth-order valence-electron chi connectivity index (χ4n) is 6.51. The number of carbonyl (C=O) groups is 2. The van der Waals surface area contributed by atoms with Crippen LogP contribution in [-0.2, 0) is 9.59 Å². The largest absolute Gasteiger partial charge is 0.300 e. The van der Waals surface area contributed by atoms with Gasteiger partial charge in [-0.15, -0.1) is 0 Å². The normalized spacial score (nSPS) is 45.5. The Balaban J connectivity index is 1.70. The van der Waals surface area contributed by atoms with Crippen molar-refractivity contribution in [3.63, 3.8) is 0 Å². The van der Waals surface area contributed by atoms with Gasteiger partial charge in [0, 0.05) is 12.3 Å². The third kappa shape index (κ3) is 1.99. The van der Waals surface area contributed by atoms with Crippen LogP contribution in [0.5, 0.6) is 0 Å². The van der Waals surface area contributed by atoms with Gasteiger partial charge in [-0.1, -0.05) is 31.1 Å². The van der Waals surface area contributed by atoms with Crippen LogP contribution < -0.4 is 0 Å². The Labute approximate surface area is 139 Å². The molecule has 2 fully saturated rings. The third-order valence-electron chi connectivity index (χ3n) is 7.86. The molecular weight excluding hydrogens is 284 g/mol. The van der Waals surface area contributed by atoms with Crippen molar-refractivity contribution >= 4 is 11.6 Å². The summed E-state index contributed by atoms with van der Waals surface area (Å²) < 4.78 is 0. The summed E-state index contributed by atoms with van der Waals surface area (Å²) >= 11 is 0. The number of rotatable bonds is 1. The van der Waals surface area contributed by atoms with Crippen LogP contribution in [0, 0.1) is 28.6 Å². The summed E-state index contributed by atoms with van der Waals surface area (Å²) in [7, 11) is 0. The van der Waals surface area contributed by atoms with Gasteiger partial charge in [0.1, 0.15) is 5.78 Å². The summed E-state index contributed by atoms with van der Waals surface area (Å²) in [6.07, 6.45) is 11.7. The van der Waals surface area contributed by atoms with E-state index in [0.717, 1.165) is 32.1 Å². The number of carbonyl (C=O) groups excluding carboxylic acids is 2. The number of allylic oxidation sites excluding steroid dienone is 4. The molecule has 2 saturated carbocycles. The van der Waals surface area contributed by atoms with Gasteiger partial charge in [0.2, 0.25) is 0 Å². The molecule has 2 heteroatoms. The predicted octanol–water partition coefficient (Wildman–Crippen LogP) is 4.64. The van der Waals surface area contributed by atoms with Crippen molar-refractivity contribution in [2.24, 2.45) is 28.6 Å². The number of hydrogen-bond donors (Lipinski definition) is 0. The van der Waals surface area contributed by atoms with Crippen LogP contribution in [0.3, 0.4) is 0 Å². The number of fused-ring (bicyclic) bond motifs is 5. The smallest absolute Gasteiger partial charge is 0.155 e. The molecule has 0 heterocycles. The lowest BCUT2D eigenvalue weighted by molar-refractivity contribution is -0.124. The van der Waals surface area contributed by atoms with Crippen LogP contribution in [0.1, 0.15) is 65.7 Å². The molecule has 2 nitrogen and oxygen atoms in total. The number of Topliss-reactive ketones (excluding diaryl/α,β-unsaturated/α-hetero) is 1. The molecule has 5 unspecified atom stereocenters. The molecule has 4 aliphatic carbocycles. The van der Waals surface area contributed by atoms with E-state index >= 15 is 0 Å². The highest BCUT2D eigenvalue weighted by Gasteiger charge is 2.56. The Bertz CT molecular complexity index is 640. The van der Waals surface area contributed by atoms with Crippen molar-refractivity contribution in [3.8, 4) is 0 Å². The first-order valence-electron chi connectivity index (χ1n) is 9.31. The van der Waals surface area contributed by atoms with Crippen LogP contribution in [0.4, 0.5) is 0 Å². The van der Waals surface area contributed by atoms with Gasteiger partial charge in [-0.3, -0.25) is 9.59 Å². The monoisotopic (exact) mass is 312 g/mol. The van der Waals surface area contributed by atoms with Crippen molar-refractivity contribution in [1.29, 1.82) is 0 Å². The van der Waals surface area contributed by atoms with E-state index in [-0.39, 0.29) is 16.7 Å². The Morgan fingerprint density at radius 2 is 1.91 bits per heavy atom. The second-order valence-corrected chi connectivity index (χ2v) is 8.82. The zero-order chi connectivity index (χ0) is 16.4. The quantitative estimate of drug-likeness (QED) is 0.661. The summed E-state index contributed by atoms with van der Waals surface area (Å²) in [5.74, 6) is 2.20. The Morgan fingerprint density at radius 1 is 1.13 bits per heavy atom. The average molecular weight is 312 g/mol. The van der Waals surface area contributed by atoms with Gasteiger partial charge in [-0.05, 0) is 74.2 Å². The van der Waals surface area contributed by atoms with Gasteiger partial charge in [0.15, 0.2) is 5.78 Å². The number of ketones is 2. The molecule has 0 spiro atoms. The molecule has 124 valence electrons. The van der Waals surface area contributed by atoms with Crippen LogP contribution in [0.2, 0.25) is 0 Å². The molecule has 0 aliphatic heterocycles. The van der Waals surface area contributed by atoms with Crippen LogP contribution >= 0.6 is 0 Å². The van der Waals surface area contributed by atoms with Crippen molar-refractivity contribution in [2.45, 2.75) is 65.7 Å². The van der Waals surface area contributed by atoms with E-state index in [1.165, 1.54) is 18.4 Å². The topological polar surface area (TPSA) is 34.1 Å². The van der Waals surface area contributed by atoms with Crippen molar-refractivity contribution < 1.29 is 9.59 Å². The molecule has 0 aromatic rings. The molecule has 0 saturated heterocycles. The minimum absolute atomic E-state index is 0.106. The van der Waals surface area contributed by atoms with Crippen molar-refractivity contribution in [2.75, 3.05) is 0 Å². The van der Waals surface area contributed by atoms with E-state index < -0.39 is 0 Å². The van der Waals surface area contributed by atoms with E-state index in [2.05, 4.69) is 19.9 Å². The maximum Gasteiger partial charge on any atom is 0.155 e. The minimum Gasteiger partial charge on any atom is -0.300 e. The highest BCUT2D eigenvalue weighted by atomic mass is 16.1. The maximum atomic E-state index is 12.1. The molecule has 5 atom stereocenters. The van der Waals surface area contributed by atoms with E-state index in [1.54, 1.807) is 12.5 Å². The summed E-state index contributed by atoms with van der Waals surface area (Å²) in [5, 5.41) is 0. The third-order valence-corrected chi connectivity index (χ3v) is 7.86. The standard InChI is InChI=1S/C21H28O2/c1-13(22)17-6-7-18-16-5-4-14-12-15(23)8-10-20(14,2)19(16)9-11-21(17,18)3/h7,12,16-17,19H,4-6,8-11H2,1-3H3. The summed E-state index contributed by atoms with van der Waals surface area (Å²) in [4.78, 5) is 24.0. The molecule has 4 rings (SSSR count). The Morgan fingerprint density at radius 3 is 2.65 bits per heavy atom. The first-order valence-corrected chi connectivity index (χ1v) is 9.31. The fraction of sp³-hybridized carbons (Fsp3) is 0.714. The van der Waals surface area contributed by atoms with Gasteiger partial charge in [0.05, 0.1) is 0 Å². The van der Waals surface area contributed by atoms with Gasteiger partial charge in [0.25, 0.3) is 0 Å². The first-order chi connectivity index (χ1) is 10.9. The SMILES string of the molecule is CC(=O)C1CC=C2C3CCC4=CC(=O)CCC4(C)C3CCC21C. The van der Waals surface area contributed by atoms with Crippen LogP contribution in [0.15, 0.2) is 23.3 Å². The summed E-state index contributed by atoms with van der Waals surface area (Å²) in [6.45, 7) is 6.52. The maximum absolute atomic E-state index is 12.1. The molecule has 0 aromatic heterocycles. The Hall–Kier alpha value is -1.18. The average Bonchev–Trinajstić information content (AvgIpc) is 2.85. The predicted molar refractivity (Wildman–Crippen MR) is 90.9 cm³/mol. The first kappa shape index (κ1) is 15.4. The molecule has 23 heavy (non-hydrogen) atoms. The molecule has 0 amide bonds. The highest BCUT2D eigenvalue weighted by Crippen LogP contribution is 2.64. The van der Waals surface area contributed by atoms with Gasteiger partial charge >= 0.3 is 0 Å². The second kappa shape index (κ2) is 4.91.